The molecule has 1 amide bonds. The molecule has 0 spiro atoms. The smallest absolute Gasteiger partial charge is 0.230 e. The number of nitrogens with one attached hydrogen (secondary N) is 1. The Morgan fingerprint density at radius 1 is 1.36 bits per heavy atom. The minimum Gasteiger partial charge on any atom is -0.467 e. The molecule has 0 aliphatic carbocycles. The Labute approximate surface area is 132 Å². The van der Waals surface area contributed by atoms with Crippen molar-refractivity contribution in [3.8, 4) is 0 Å². The van der Waals surface area contributed by atoms with E-state index in [1.165, 1.54) is 12.3 Å². The SMILES string of the molecule is CC(CC(O)c1ccco1)NC(=O)CSc1ccccc1F. The number of amides is 1. The van der Waals surface area contributed by atoms with Crippen LogP contribution < -0.4 is 5.32 Å². The lowest BCUT2D eigenvalue weighted by molar-refractivity contribution is -0.119. The third kappa shape index (κ3) is 4.89. The summed E-state index contributed by atoms with van der Waals surface area (Å²) in [7, 11) is 0. The van der Waals surface area contributed by atoms with E-state index in [-0.39, 0.29) is 23.5 Å². The molecule has 1 heterocycles. The van der Waals surface area contributed by atoms with E-state index in [0.717, 1.165) is 11.8 Å². The van der Waals surface area contributed by atoms with E-state index in [9.17, 15) is 14.3 Å². The number of hydrogen-bond acceptors (Lipinski definition) is 4. The van der Waals surface area contributed by atoms with E-state index in [1.807, 2.05) is 0 Å². The number of rotatable bonds is 7. The lowest BCUT2D eigenvalue weighted by Gasteiger charge is -2.16. The first-order valence-electron chi connectivity index (χ1n) is 6.94. The van der Waals surface area contributed by atoms with Crippen LogP contribution in [0, 0.1) is 5.82 Å². The molecule has 0 aliphatic heterocycles. The maximum Gasteiger partial charge on any atom is 0.230 e. The van der Waals surface area contributed by atoms with Gasteiger partial charge >= 0.3 is 0 Å². The van der Waals surface area contributed by atoms with Crippen LogP contribution >= 0.6 is 11.8 Å². The highest BCUT2D eigenvalue weighted by atomic mass is 32.2. The molecule has 22 heavy (non-hydrogen) atoms. The Kier molecular flexibility index (Phi) is 6.03. The Bertz CT molecular complexity index is 603. The molecule has 6 heteroatoms. The van der Waals surface area contributed by atoms with Crippen LogP contribution in [0.3, 0.4) is 0 Å². The number of furan rings is 1. The fourth-order valence-electron chi connectivity index (χ4n) is 2.01. The standard InChI is InChI=1S/C16H18FNO3S/c1-11(9-13(19)14-6-4-8-21-14)18-16(20)10-22-15-7-3-2-5-12(15)17/h2-8,11,13,19H,9-10H2,1H3,(H,18,20). The van der Waals surface area contributed by atoms with Crippen molar-refractivity contribution >= 4 is 17.7 Å². The maximum atomic E-state index is 13.4. The number of thioether (sulfide) groups is 1. The first-order chi connectivity index (χ1) is 10.6. The molecule has 0 saturated heterocycles. The minimum atomic E-state index is -0.760. The van der Waals surface area contributed by atoms with Gasteiger partial charge < -0.3 is 14.8 Å². The number of carbonyl (C=O) groups excluding carboxylic acids is 1. The van der Waals surface area contributed by atoms with Gasteiger partial charge in [-0.1, -0.05) is 12.1 Å². The third-order valence-electron chi connectivity index (χ3n) is 3.05. The maximum absolute atomic E-state index is 13.4. The summed E-state index contributed by atoms with van der Waals surface area (Å²) >= 11 is 1.15. The molecule has 2 aromatic rings. The van der Waals surface area contributed by atoms with Gasteiger partial charge in [0.15, 0.2) is 0 Å². The minimum absolute atomic E-state index is 0.127. The second-order valence-electron chi connectivity index (χ2n) is 4.95. The summed E-state index contributed by atoms with van der Waals surface area (Å²) in [6.07, 6.45) is 1.08. The van der Waals surface area contributed by atoms with Crippen molar-refractivity contribution in [3.63, 3.8) is 0 Å². The third-order valence-corrected chi connectivity index (χ3v) is 4.10. The quantitative estimate of drug-likeness (QED) is 0.769. The van der Waals surface area contributed by atoms with E-state index in [4.69, 9.17) is 4.42 Å². The summed E-state index contributed by atoms with van der Waals surface area (Å²) < 4.78 is 18.5. The number of hydrogen-bond donors (Lipinski definition) is 2. The lowest BCUT2D eigenvalue weighted by Crippen LogP contribution is -2.34. The van der Waals surface area contributed by atoms with Gasteiger partial charge in [-0.2, -0.15) is 0 Å². The van der Waals surface area contributed by atoms with E-state index in [1.54, 1.807) is 37.3 Å². The second kappa shape index (κ2) is 8.00. The van der Waals surface area contributed by atoms with Crippen LogP contribution in [0.25, 0.3) is 0 Å². The zero-order valence-electron chi connectivity index (χ0n) is 12.2. The molecule has 0 bridgehead atoms. The lowest BCUT2D eigenvalue weighted by atomic mass is 10.1. The topological polar surface area (TPSA) is 62.5 Å². The highest BCUT2D eigenvalue weighted by Crippen LogP contribution is 2.21. The van der Waals surface area contributed by atoms with Gasteiger partial charge in [0.1, 0.15) is 17.7 Å². The molecule has 2 N–H and O–H groups in total. The van der Waals surface area contributed by atoms with Gasteiger partial charge in [-0.3, -0.25) is 4.79 Å². The zero-order chi connectivity index (χ0) is 15.9. The van der Waals surface area contributed by atoms with Crippen LogP contribution in [0.4, 0.5) is 4.39 Å². The molecule has 0 aliphatic rings. The summed E-state index contributed by atoms with van der Waals surface area (Å²) in [5.74, 6) is 0.0677. The summed E-state index contributed by atoms with van der Waals surface area (Å²) in [6.45, 7) is 1.80. The normalized spacial score (nSPS) is 13.6. The number of halogens is 1. The fraction of sp³-hybridized carbons (Fsp3) is 0.312. The molecule has 0 saturated carbocycles. The molecule has 4 nitrogen and oxygen atoms in total. The van der Waals surface area contributed by atoms with Crippen molar-refractivity contribution in [2.75, 3.05) is 5.75 Å². The Hall–Kier alpha value is -1.79. The van der Waals surface area contributed by atoms with Crippen molar-refractivity contribution in [2.24, 2.45) is 0 Å². The van der Waals surface area contributed by atoms with Crippen molar-refractivity contribution in [1.82, 2.24) is 5.32 Å². The number of carbonyl (C=O) groups is 1. The highest BCUT2D eigenvalue weighted by molar-refractivity contribution is 8.00. The van der Waals surface area contributed by atoms with Gasteiger partial charge in [0, 0.05) is 17.4 Å². The zero-order valence-corrected chi connectivity index (χ0v) is 13.0. The monoisotopic (exact) mass is 323 g/mol. The van der Waals surface area contributed by atoms with Crippen LogP contribution in [-0.2, 0) is 4.79 Å². The highest BCUT2D eigenvalue weighted by Gasteiger charge is 2.16. The molecule has 2 unspecified atom stereocenters. The average molecular weight is 323 g/mol. The summed E-state index contributed by atoms with van der Waals surface area (Å²) in [4.78, 5) is 12.3. The molecular formula is C16H18FNO3S. The molecule has 1 aromatic heterocycles. The van der Waals surface area contributed by atoms with E-state index >= 15 is 0 Å². The van der Waals surface area contributed by atoms with Crippen LogP contribution in [0.5, 0.6) is 0 Å². The fourth-order valence-corrected chi connectivity index (χ4v) is 2.76. The second-order valence-corrected chi connectivity index (χ2v) is 5.97. The van der Waals surface area contributed by atoms with Crippen LogP contribution in [0.1, 0.15) is 25.2 Å². The van der Waals surface area contributed by atoms with Gasteiger partial charge in [0.05, 0.1) is 12.0 Å². The van der Waals surface area contributed by atoms with E-state index < -0.39 is 6.10 Å². The molecule has 1 aromatic carbocycles. The molecule has 0 fully saturated rings. The predicted molar refractivity (Wildman–Crippen MR) is 83.0 cm³/mol. The Morgan fingerprint density at radius 3 is 2.82 bits per heavy atom. The molecule has 0 radical (unpaired) electrons. The largest absolute Gasteiger partial charge is 0.467 e. The van der Waals surface area contributed by atoms with Gasteiger partial charge in [-0.15, -0.1) is 11.8 Å². The van der Waals surface area contributed by atoms with Gasteiger partial charge in [-0.25, -0.2) is 4.39 Å². The van der Waals surface area contributed by atoms with Crippen molar-refractivity contribution in [1.29, 1.82) is 0 Å². The molecule has 118 valence electrons. The van der Waals surface area contributed by atoms with Crippen LogP contribution in [0.2, 0.25) is 0 Å². The van der Waals surface area contributed by atoms with Gasteiger partial charge in [0.2, 0.25) is 5.91 Å². The van der Waals surface area contributed by atoms with E-state index in [2.05, 4.69) is 5.32 Å². The van der Waals surface area contributed by atoms with Crippen molar-refractivity contribution < 1.29 is 18.7 Å². The Balaban J connectivity index is 1.76. The summed E-state index contributed by atoms with van der Waals surface area (Å²) in [6, 6.07) is 9.51. The van der Waals surface area contributed by atoms with Gasteiger partial charge in [0.25, 0.3) is 0 Å². The van der Waals surface area contributed by atoms with Crippen molar-refractivity contribution in [3.05, 3.63) is 54.2 Å². The summed E-state index contributed by atoms with van der Waals surface area (Å²) in [5.41, 5.74) is 0. The molecular weight excluding hydrogens is 305 g/mol. The van der Waals surface area contributed by atoms with E-state index in [0.29, 0.717) is 17.1 Å². The summed E-state index contributed by atoms with van der Waals surface area (Å²) in [5, 5.41) is 12.7. The molecule has 2 atom stereocenters. The van der Waals surface area contributed by atoms with Gasteiger partial charge in [-0.05, 0) is 31.2 Å². The van der Waals surface area contributed by atoms with Crippen molar-refractivity contribution in [2.45, 2.75) is 30.4 Å². The number of aliphatic hydroxyl groups is 1. The Morgan fingerprint density at radius 2 is 2.14 bits per heavy atom. The number of aliphatic hydroxyl groups excluding tert-OH is 1. The first-order valence-corrected chi connectivity index (χ1v) is 7.93. The van der Waals surface area contributed by atoms with Crippen LogP contribution in [-0.4, -0.2) is 22.8 Å². The van der Waals surface area contributed by atoms with Crippen LogP contribution in [0.15, 0.2) is 52.0 Å². The average Bonchev–Trinajstić information content (AvgIpc) is 3.00. The first kappa shape index (κ1) is 16.6. The molecule has 2 rings (SSSR count). The number of benzene rings is 1. The predicted octanol–water partition coefficient (Wildman–Crippen LogP) is 3.14.